The third-order valence-corrected chi connectivity index (χ3v) is 3.19. The van der Waals surface area contributed by atoms with E-state index >= 15 is 0 Å². The summed E-state index contributed by atoms with van der Waals surface area (Å²) in [5.74, 6) is -0.481. The molecule has 2 unspecified atom stereocenters. The molecule has 0 fully saturated rings. The number of esters is 1. The van der Waals surface area contributed by atoms with Gasteiger partial charge in [-0.15, -0.1) is 0 Å². The van der Waals surface area contributed by atoms with Gasteiger partial charge in [-0.1, -0.05) is 6.07 Å². The first kappa shape index (κ1) is 12.0. The van der Waals surface area contributed by atoms with E-state index in [4.69, 9.17) is 0 Å². The first-order valence-electron chi connectivity index (χ1n) is 5.74. The molecule has 1 aromatic rings. The maximum Gasteiger partial charge on any atom is 0.322 e. The summed E-state index contributed by atoms with van der Waals surface area (Å²) >= 11 is 0. The minimum Gasteiger partial charge on any atom is -0.468 e. The topological polar surface area (TPSA) is 38.3 Å². The van der Waals surface area contributed by atoms with Crippen LogP contribution in [0.3, 0.4) is 0 Å². The largest absolute Gasteiger partial charge is 0.468 e. The summed E-state index contributed by atoms with van der Waals surface area (Å²) in [6.07, 6.45) is 1.73. The Balaban J connectivity index is 2.09. The highest BCUT2D eigenvalue weighted by molar-refractivity contribution is 5.75. The second-order valence-electron chi connectivity index (χ2n) is 4.35. The van der Waals surface area contributed by atoms with Crippen molar-refractivity contribution < 1.29 is 13.9 Å². The molecule has 3 nitrogen and oxygen atoms in total. The van der Waals surface area contributed by atoms with Crippen LogP contribution >= 0.6 is 0 Å². The van der Waals surface area contributed by atoms with Crippen molar-refractivity contribution in [1.29, 1.82) is 0 Å². The van der Waals surface area contributed by atoms with E-state index in [2.05, 4.69) is 10.1 Å². The number of hydrogen-bond donors (Lipinski definition) is 1. The standard InChI is InChI=1S/C13H16FNO2/c1-8(13(16)17-2)15-12-6-3-9-7-10(14)4-5-11(9)12/h4-5,7-8,12,15H,3,6H2,1-2H3. The number of halogens is 1. The molecule has 4 heteroatoms. The number of fused-ring (bicyclic) bond motifs is 1. The van der Waals surface area contributed by atoms with Crippen LogP contribution < -0.4 is 5.32 Å². The number of carbonyl (C=O) groups excluding carboxylic acids is 1. The van der Waals surface area contributed by atoms with Crippen molar-refractivity contribution in [3.05, 3.63) is 35.1 Å². The smallest absolute Gasteiger partial charge is 0.322 e. The van der Waals surface area contributed by atoms with Crippen LogP contribution in [0.5, 0.6) is 0 Å². The van der Waals surface area contributed by atoms with Gasteiger partial charge in [-0.25, -0.2) is 4.39 Å². The molecule has 0 amide bonds. The molecular formula is C13H16FNO2. The van der Waals surface area contributed by atoms with Gasteiger partial charge in [0.1, 0.15) is 11.9 Å². The Hall–Kier alpha value is -1.42. The van der Waals surface area contributed by atoms with E-state index in [9.17, 15) is 9.18 Å². The zero-order valence-electron chi connectivity index (χ0n) is 10.00. The van der Waals surface area contributed by atoms with Crippen LogP contribution in [0.4, 0.5) is 4.39 Å². The van der Waals surface area contributed by atoms with E-state index in [-0.39, 0.29) is 23.9 Å². The summed E-state index contributed by atoms with van der Waals surface area (Å²) in [6.45, 7) is 1.77. The molecule has 0 bridgehead atoms. The van der Waals surface area contributed by atoms with E-state index in [1.54, 1.807) is 19.1 Å². The normalized spacial score (nSPS) is 19.8. The Morgan fingerprint density at radius 3 is 3.06 bits per heavy atom. The monoisotopic (exact) mass is 237 g/mol. The molecule has 17 heavy (non-hydrogen) atoms. The molecule has 2 atom stereocenters. The lowest BCUT2D eigenvalue weighted by atomic mass is 10.1. The summed E-state index contributed by atoms with van der Waals surface area (Å²) in [5, 5.41) is 3.21. The summed E-state index contributed by atoms with van der Waals surface area (Å²) in [4.78, 5) is 11.3. The number of methoxy groups -OCH3 is 1. The second-order valence-corrected chi connectivity index (χ2v) is 4.35. The first-order valence-corrected chi connectivity index (χ1v) is 5.74. The molecule has 0 saturated carbocycles. The number of rotatable bonds is 3. The van der Waals surface area contributed by atoms with Crippen molar-refractivity contribution in [2.24, 2.45) is 0 Å². The van der Waals surface area contributed by atoms with E-state index in [0.717, 1.165) is 24.0 Å². The summed E-state index contributed by atoms with van der Waals surface area (Å²) in [7, 11) is 1.37. The molecule has 0 aliphatic heterocycles. The molecule has 1 aromatic carbocycles. The number of carbonyl (C=O) groups is 1. The predicted molar refractivity (Wildman–Crippen MR) is 62.1 cm³/mol. The molecule has 0 spiro atoms. The van der Waals surface area contributed by atoms with Crippen LogP contribution in [-0.4, -0.2) is 19.1 Å². The molecule has 0 aromatic heterocycles. The van der Waals surface area contributed by atoms with Crippen molar-refractivity contribution in [1.82, 2.24) is 5.32 Å². The maximum atomic E-state index is 13.0. The van der Waals surface area contributed by atoms with Gasteiger partial charge in [0.25, 0.3) is 0 Å². The first-order chi connectivity index (χ1) is 8.11. The summed E-state index contributed by atoms with van der Waals surface area (Å²) in [5.41, 5.74) is 2.11. The fourth-order valence-corrected chi connectivity index (χ4v) is 2.31. The number of hydrogen-bond acceptors (Lipinski definition) is 3. The number of ether oxygens (including phenoxy) is 1. The average molecular weight is 237 g/mol. The Kier molecular flexibility index (Phi) is 3.43. The Bertz CT molecular complexity index is 433. The minimum absolute atomic E-state index is 0.111. The molecule has 2 rings (SSSR count). The number of nitrogens with one attached hydrogen (secondary N) is 1. The highest BCUT2D eigenvalue weighted by Gasteiger charge is 2.26. The van der Waals surface area contributed by atoms with Crippen molar-refractivity contribution in [2.45, 2.75) is 31.8 Å². The molecule has 0 heterocycles. The maximum absolute atomic E-state index is 13.0. The van der Waals surface area contributed by atoms with Crippen LogP contribution in [0, 0.1) is 5.82 Å². The lowest BCUT2D eigenvalue weighted by Gasteiger charge is -2.18. The Morgan fingerprint density at radius 1 is 1.59 bits per heavy atom. The zero-order valence-corrected chi connectivity index (χ0v) is 10.00. The molecular weight excluding hydrogens is 221 g/mol. The van der Waals surface area contributed by atoms with E-state index in [1.807, 2.05) is 0 Å². The van der Waals surface area contributed by atoms with Gasteiger partial charge in [0, 0.05) is 6.04 Å². The summed E-state index contributed by atoms with van der Waals surface area (Å²) in [6, 6.07) is 4.58. The van der Waals surface area contributed by atoms with Crippen molar-refractivity contribution >= 4 is 5.97 Å². The van der Waals surface area contributed by atoms with Gasteiger partial charge in [-0.2, -0.15) is 0 Å². The van der Waals surface area contributed by atoms with Gasteiger partial charge in [-0.05, 0) is 43.0 Å². The fraction of sp³-hybridized carbons (Fsp3) is 0.462. The van der Waals surface area contributed by atoms with Crippen LogP contribution in [0.2, 0.25) is 0 Å². The molecule has 92 valence electrons. The SMILES string of the molecule is COC(=O)C(C)NC1CCc2cc(F)ccc21. The quantitative estimate of drug-likeness (QED) is 0.817. The van der Waals surface area contributed by atoms with Gasteiger partial charge in [0.05, 0.1) is 7.11 Å². The predicted octanol–water partition coefficient (Wildman–Crippen LogP) is 1.96. The lowest BCUT2D eigenvalue weighted by Crippen LogP contribution is -2.36. The lowest BCUT2D eigenvalue weighted by molar-refractivity contribution is -0.142. The Labute approximate surface area is 100.0 Å². The van der Waals surface area contributed by atoms with Crippen LogP contribution in [0.25, 0.3) is 0 Å². The van der Waals surface area contributed by atoms with Crippen LogP contribution in [-0.2, 0) is 16.0 Å². The van der Waals surface area contributed by atoms with E-state index in [0.29, 0.717) is 0 Å². The molecule has 1 aliphatic rings. The van der Waals surface area contributed by atoms with Gasteiger partial charge in [0.2, 0.25) is 0 Å². The molecule has 1 N–H and O–H groups in total. The Morgan fingerprint density at radius 2 is 2.35 bits per heavy atom. The summed E-state index contributed by atoms with van der Waals surface area (Å²) < 4.78 is 17.7. The third kappa shape index (κ3) is 2.47. The van der Waals surface area contributed by atoms with E-state index < -0.39 is 0 Å². The number of benzene rings is 1. The van der Waals surface area contributed by atoms with Crippen LogP contribution in [0.15, 0.2) is 18.2 Å². The van der Waals surface area contributed by atoms with Gasteiger partial charge >= 0.3 is 5.97 Å². The molecule has 0 saturated heterocycles. The average Bonchev–Trinajstić information content (AvgIpc) is 2.70. The van der Waals surface area contributed by atoms with Crippen molar-refractivity contribution in [3.8, 4) is 0 Å². The van der Waals surface area contributed by atoms with Gasteiger partial charge < -0.3 is 4.74 Å². The van der Waals surface area contributed by atoms with Crippen molar-refractivity contribution in [2.75, 3.05) is 7.11 Å². The second kappa shape index (κ2) is 4.84. The highest BCUT2D eigenvalue weighted by atomic mass is 19.1. The number of aryl methyl sites for hydroxylation is 1. The molecule has 1 aliphatic carbocycles. The third-order valence-electron chi connectivity index (χ3n) is 3.19. The van der Waals surface area contributed by atoms with Gasteiger partial charge in [-0.3, -0.25) is 10.1 Å². The minimum atomic E-state index is -0.346. The highest BCUT2D eigenvalue weighted by Crippen LogP contribution is 2.31. The zero-order chi connectivity index (χ0) is 12.4. The fourth-order valence-electron chi connectivity index (χ4n) is 2.31. The van der Waals surface area contributed by atoms with E-state index in [1.165, 1.54) is 13.2 Å². The van der Waals surface area contributed by atoms with Crippen LogP contribution in [0.1, 0.15) is 30.5 Å². The van der Waals surface area contributed by atoms with Crippen molar-refractivity contribution in [3.63, 3.8) is 0 Å². The van der Waals surface area contributed by atoms with Gasteiger partial charge in [0.15, 0.2) is 0 Å². The molecule has 0 radical (unpaired) electrons.